The minimum atomic E-state index is -0.522. The Balaban J connectivity index is 1.52. The van der Waals surface area contributed by atoms with Crippen LogP contribution in [0.5, 0.6) is 0 Å². The molecule has 0 atom stereocenters. The number of hydrogen-bond acceptors (Lipinski definition) is 2. The molecule has 0 bridgehead atoms. The monoisotopic (exact) mass is 386 g/mol. The van der Waals surface area contributed by atoms with Crippen LogP contribution < -0.4 is 5.32 Å². The van der Waals surface area contributed by atoms with E-state index in [9.17, 15) is 14.0 Å². The van der Waals surface area contributed by atoms with Gasteiger partial charge in [-0.1, -0.05) is 41.9 Å². The largest absolute Gasteiger partial charge is 0.339 e. The van der Waals surface area contributed by atoms with Gasteiger partial charge >= 0.3 is 0 Å². The topological polar surface area (TPSA) is 49.4 Å². The van der Waals surface area contributed by atoms with Crippen LogP contribution in [0.1, 0.15) is 18.4 Å². The molecule has 0 unspecified atom stereocenters. The van der Waals surface area contributed by atoms with Crippen molar-refractivity contribution in [2.24, 2.45) is 5.92 Å². The predicted octanol–water partition coefficient (Wildman–Crippen LogP) is 4.37. The van der Waals surface area contributed by atoms with E-state index in [0.29, 0.717) is 31.0 Å². The summed E-state index contributed by atoms with van der Waals surface area (Å²) in [5, 5.41) is 2.95. The lowest BCUT2D eigenvalue weighted by Crippen LogP contribution is -2.40. The zero-order valence-electron chi connectivity index (χ0n) is 14.7. The van der Waals surface area contributed by atoms with Crippen molar-refractivity contribution in [3.05, 3.63) is 71.0 Å². The second-order valence-corrected chi connectivity index (χ2v) is 6.89. The number of nitrogens with zero attached hydrogens (tertiary/aromatic N) is 1. The molecule has 140 valence electrons. The van der Waals surface area contributed by atoms with Crippen LogP contribution in [-0.4, -0.2) is 29.8 Å². The van der Waals surface area contributed by atoms with Gasteiger partial charge in [-0.05, 0) is 42.7 Å². The fourth-order valence-electron chi connectivity index (χ4n) is 3.03. The molecule has 0 saturated carbocycles. The Hall–Kier alpha value is -2.66. The molecule has 2 aromatic carbocycles. The van der Waals surface area contributed by atoms with Crippen LogP contribution in [-0.2, 0) is 9.59 Å². The van der Waals surface area contributed by atoms with Gasteiger partial charge in [0.15, 0.2) is 0 Å². The standard InChI is InChI=1S/C21H20ClFN2O2/c22-17-7-8-18(23)19(14-17)24-21(27)16-10-12-25(13-11-16)20(26)9-6-15-4-2-1-3-5-15/h1-9,14,16H,10-13H2,(H,24,27)/b9-6-. The maximum Gasteiger partial charge on any atom is 0.246 e. The highest BCUT2D eigenvalue weighted by Gasteiger charge is 2.27. The molecule has 2 amide bonds. The Morgan fingerprint density at radius 2 is 1.81 bits per heavy atom. The Morgan fingerprint density at radius 1 is 1.11 bits per heavy atom. The van der Waals surface area contributed by atoms with Crippen molar-refractivity contribution in [3.63, 3.8) is 0 Å². The molecule has 1 fully saturated rings. The Bertz CT molecular complexity index is 847. The number of piperidine rings is 1. The van der Waals surface area contributed by atoms with Gasteiger partial charge in [-0.2, -0.15) is 0 Å². The third-order valence-corrected chi connectivity index (χ3v) is 4.82. The zero-order valence-corrected chi connectivity index (χ0v) is 15.5. The van der Waals surface area contributed by atoms with Gasteiger partial charge in [0, 0.05) is 30.1 Å². The molecule has 0 radical (unpaired) electrons. The molecule has 3 rings (SSSR count). The van der Waals surface area contributed by atoms with Gasteiger partial charge in [-0.25, -0.2) is 4.39 Å². The maximum atomic E-state index is 13.8. The molecule has 1 N–H and O–H groups in total. The van der Waals surface area contributed by atoms with Gasteiger partial charge in [0.2, 0.25) is 11.8 Å². The summed E-state index contributed by atoms with van der Waals surface area (Å²) >= 11 is 5.85. The summed E-state index contributed by atoms with van der Waals surface area (Å²) in [5.74, 6) is -1.10. The number of rotatable bonds is 4. The zero-order chi connectivity index (χ0) is 19.2. The van der Waals surface area contributed by atoms with Crippen molar-refractivity contribution in [2.45, 2.75) is 12.8 Å². The van der Waals surface area contributed by atoms with Crippen molar-refractivity contribution < 1.29 is 14.0 Å². The van der Waals surface area contributed by atoms with Crippen LogP contribution >= 0.6 is 11.6 Å². The highest BCUT2D eigenvalue weighted by atomic mass is 35.5. The minimum Gasteiger partial charge on any atom is -0.339 e. The van der Waals surface area contributed by atoms with E-state index in [1.807, 2.05) is 30.3 Å². The molecular formula is C21H20ClFN2O2. The SMILES string of the molecule is O=C(Nc1cc(Cl)ccc1F)C1CCN(C(=O)/C=C\c2ccccc2)CC1. The average molecular weight is 387 g/mol. The van der Waals surface area contributed by atoms with Gasteiger partial charge in [0.05, 0.1) is 5.69 Å². The molecule has 1 heterocycles. The van der Waals surface area contributed by atoms with Crippen LogP contribution in [0.25, 0.3) is 6.08 Å². The lowest BCUT2D eigenvalue weighted by Gasteiger charge is -2.30. The molecule has 1 aliphatic rings. The van der Waals surface area contributed by atoms with E-state index in [-0.39, 0.29) is 23.4 Å². The first-order valence-corrected chi connectivity index (χ1v) is 9.18. The number of anilines is 1. The van der Waals surface area contributed by atoms with E-state index in [0.717, 1.165) is 5.56 Å². The number of nitrogens with one attached hydrogen (secondary N) is 1. The summed E-state index contributed by atoms with van der Waals surface area (Å²) in [5.41, 5.74) is 1.04. The average Bonchev–Trinajstić information content (AvgIpc) is 2.70. The van der Waals surface area contributed by atoms with Crippen LogP contribution in [0.3, 0.4) is 0 Å². The first kappa shape index (κ1) is 19.1. The van der Waals surface area contributed by atoms with Crippen molar-refractivity contribution in [1.29, 1.82) is 0 Å². The lowest BCUT2D eigenvalue weighted by atomic mass is 9.95. The predicted molar refractivity (Wildman–Crippen MR) is 105 cm³/mol. The van der Waals surface area contributed by atoms with E-state index < -0.39 is 5.82 Å². The van der Waals surface area contributed by atoms with E-state index in [2.05, 4.69) is 5.32 Å². The van der Waals surface area contributed by atoms with Gasteiger partial charge in [-0.3, -0.25) is 9.59 Å². The number of carbonyl (C=O) groups excluding carboxylic acids is 2. The minimum absolute atomic E-state index is 0.0707. The molecule has 0 aliphatic carbocycles. The van der Waals surface area contributed by atoms with Crippen molar-refractivity contribution in [3.8, 4) is 0 Å². The van der Waals surface area contributed by atoms with Crippen LogP contribution in [0, 0.1) is 11.7 Å². The molecule has 4 nitrogen and oxygen atoms in total. The smallest absolute Gasteiger partial charge is 0.246 e. The summed E-state index contributed by atoms with van der Waals surface area (Å²) in [6.07, 6.45) is 4.41. The number of carbonyl (C=O) groups is 2. The molecule has 1 saturated heterocycles. The van der Waals surface area contributed by atoms with Gasteiger partial charge in [0.1, 0.15) is 5.82 Å². The first-order valence-electron chi connectivity index (χ1n) is 8.81. The third-order valence-electron chi connectivity index (χ3n) is 4.58. The Morgan fingerprint density at radius 3 is 2.52 bits per heavy atom. The Labute approximate surface area is 162 Å². The fourth-order valence-corrected chi connectivity index (χ4v) is 3.20. The molecule has 1 aliphatic heterocycles. The third kappa shape index (κ3) is 5.17. The molecular weight excluding hydrogens is 367 g/mol. The van der Waals surface area contributed by atoms with Crippen LogP contribution in [0.2, 0.25) is 5.02 Å². The van der Waals surface area contributed by atoms with Crippen LogP contribution in [0.4, 0.5) is 10.1 Å². The summed E-state index contributed by atoms with van der Waals surface area (Å²) in [6, 6.07) is 13.6. The first-order chi connectivity index (χ1) is 13.0. The lowest BCUT2D eigenvalue weighted by molar-refractivity contribution is -0.130. The number of likely N-dealkylation sites (tertiary alicyclic amines) is 1. The highest BCUT2D eigenvalue weighted by Crippen LogP contribution is 2.23. The van der Waals surface area contributed by atoms with Gasteiger partial charge in [0.25, 0.3) is 0 Å². The summed E-state index contributed by atoms with van der Waals surface area (Å²) in [6.45, 7) is 0.988. The van der Waals surface area contributed by atoms with E-state index >= 15 is 0 Å². The quantitative estimate of drug-likeness (QED) is 0.793. The molecule has 6 heteroatoms. The molecule has 0 spiro atoms. The number of benzene rings is 2. The maximum absolute atomic E-state index is 13.8. The van der Waals surface area contributed by atoms with E-state index in [1.54, 1.807) is 17.1 Å². The van der Waals surface area contributed by atoms with E-state index in [1.165, 1.54) is 18.2 Å². The summed E-state index contributed by atoms with van der Waals surface area (Å²) in [4.78, 5) is 26.4. The van der Waals surface area contributed by atoms with Crippen molar-refractivity contribution >= 4 is 35.2 Å². The molecule has 27 heavy (non-hydrogen) atoms. The van der Waals surface area contributed by atoms with Crippen molar-refractivity contribution in [1.82, 2.24) is 4.90 Å². The summed E-state index contributed by atoms with van der Waals surface area (Å²) in [7, 11) is 0. The molecule has 2 aromatic rings. The second kappa shape index (κ2) is 8.82. The summed E-state index contributed by atoms with van der Waals surface area (Å²) < 4.78 is 13.8. The number of hydrogen-bond donors (Lipinski definition) is 1. The Kier molecular flexibility index (Phi) is 6.24. The van der Waals surface area contributed by atoms with E-state index in [4.69, 9.17) is 11.6 Å². The van der Waals surface area contributed by atoms with Crippen molar-refractivity contribution in [2.75, 3.05) is 18.4 Å². The fraction of sp³-hybridized carbons (Fsp3) is 0.238. The van der Waals surface area contributed by atoms with Crippen LogP contribution in [0.15, 0.2) is 54.6 Å². The molecule has 0 aromatic heterocycles. The number of halogens is 2. The van der Waals surface area contributed by atoms with Gasteiger partial charge in [-0.15, -0.1) is 0 Å². The highest BCUT2D eigenvalue weighted by molar-refractivity contribution is 6.30. The second-order valence-electron chi connectivity index (χ2n) is 6.46. The van der Waals surface area contributed by atoms with Gasteiger partial charge < -0.3 is 10.2 Å². The number of amides is 2. The normalized spacial score (nSPS) is 15.1.